The number of hydrogen-bond donors (Lipinski definition) is 1. The van der Waals surface area contributed by atoms with Crippen LogP contribution in [0.1, 0.15) is 17.4 Å². The number of hydrogen-bond acceptors (Lipinski definition) is 3. The zero-order valence-corrected chi connectivity index (χ0v) is 14.9. The van der Waals surface area contributed by atoms with Crippen LogP contribution in [0.3, 0.4) is 0 Å². The smallest absolute Gasteiger partial charge is 0.247 e. The molecule has 2 aromatic rings. The fourth-order valence-corrected chi connectivity index (χ4v) is 2.90. The lowest BCUT2D eigenvalue weighted by Gasteiger charge is -2.18. The Bertz CT molecular complexity index is 714. The topological polar surface area (TPSA) is 49.4 Å². The minimum absolute atomic E-state index is 0.0423. The molecule has 24 heavy (non-hydrogen) atoms. The van der Waals surface area contributed by atoms with Crippen molar-refractivity contribution < 1.29 is 9.59 Å². The van der Waals surface area contributed by atoms with Gasteiger partial charge in [0.05, 0.1) is 13.1 Å². The normalized spacial score (nSPS) is 10.8. The van der Waals surface area contributed by atoms with Gasteiger partial charge in [-0.25, -0.2) is 0 Å². The molecule has 0 bridgehead atoms. The standard InChI is InChI=1S/C18H19ClN2O2S/c1-2-21(13-17(22)20-12-16-7-4-10-24-16)18(23)9-8-14-5-3-6-15(19)11-14/h3-11H,2,12-13H2,1H3,(H,20,22)/b9-8+. The van der Waals surface area contributed by atoms with Gasteiger partial charge in [-0.15, -0.1) is 11.3 Å². The quantitative estimate of drug-likeness (QED) is 0.765. The average molecular weight is 363 g/mol. The Morgan fingerprint density at radius 3 is 2.79 bits per heavy atom. The van der Waals surface area contributed by atoms with Gasteiger partial charge < -0.3 is 10.2 Å². The van der Waals surface area contributed by atoms with E-state index in [2.05, 4.69) is 5.32 Å². The van der Waals surface area contributed by atoms with Gasteiger partial charge in [0.1, 0.15) is 0 Å². The maximum absolute atomic E-state index is 12.2. The van der Waals surface area contributed by atoms with Crippen molar-refractivity contribution in [1.82, 2.24) is 10.2 Å². The van der Waals surface area contributed by atoms with Crippen LogP contribution in [-0.2, 0) is 16.1 Å². The van der Waals surface area contributed by atoms with Crippen molar-refractivity contribution in [1.29, 1.82) is 0 Å². The number of rotatable bonds is 7. The number of halogens is 1. The van der Waals surface area contributed by atoms with E-state index in [1.54, 1.807) is 29.5 Å². The molecule has 0 radical (unpaired) electrons. The molecular weight excluding hydrogens is 344 g/mol. The van der Waals surface area contributed by atoms with Gasteiger partial charge >= 0.3 is 0 Å². The lowest BCUT2D eigenvalue weighted by atomic mass is 10.2. The Hall–Kier alpha value is -2.11. The van der Waals surface area contributed by atoms with Crippen LogP contribution in [-0.4, -0.2) is 29.8 Å². The number of amides is 2. The molecule has 126 valence electrons. The van der Waals surface area contributed by atoms with Crippen molar-refractivity contribution >= 4 is 40.8 Å². The van der Waals surface area contributed by atoms with E-state index < -0.39 is 0 Å². The third-order valence-corrected chi connectivity index (χ3v) is 4.45. The largest absolute Gasteiger partial charge is 0.350 e. The molecule has 1 aromatic heterocycles. The molecule has 0 aliphatic rings. The summed E-state index contributed by atoms with van der Waals surface area (Å²) in [6, 6.07) is 11.1. The molecule has 0 aliphatic carbocycles. The minimum atomic E-state index is -0.205. The Kier molecular flexibility index (Phi) is 7.03. The van der Waals surface area contributed by atoms with Crippen LogP contribution in [0.2, 0.25) is 5.02 Å². The molecule has 6 heteroatoms. The second-order valence-corrected chi connectivity index (χ2v) is 6.57. The van der Waals surface area contributed by atoms with Gasteiger partial charge in [0.2, 0.25) is 11.8 Å². The van der Waals surface area contributed by atoms with E-state index in [0.717, 1.165) is 10.4 Å². The number of carbonyl (C=O) groups is 2. The van der Waals surface area contributed by atoms with Crippen molar-refractivity contribution in [3.63, 3.8) is 0 Å². The molecule has 0 spiro atoms. The van der Waals surface area contributed by atoms with Crippen molar-refractivity contribution in [3.8, 4) is 0 Å². The maximum atomic E-state index is 12.2. The Morgan fingerprint density at radius 2 is 2.12 bits per heavy atom. The van der Waals surface area contributed by atoms with E-state index in [9.17, 15) is 9.59 Å². The first-order valence-corrected chi connectivity index (χ1v) is 8.86. The van der Waals surface area contributed by atoms with Gasteiger partial charge in [0, 0.05) is 22.5 Å². The molecule has 4 nitrogen and oxygen atoms in total. The molecule has 0 unspecified atom stereocenters. The average Bonchev–Trinajstić information content (AvgIpc) is 3.09. The predicted molar refractivity (Wildman–Crippen MR) is 98.9 cm³/mol. The van der Waals surface area contributed by atoms with Crippen LogP contribution >= 0.6 is 22.9 Å². The SMILES string of the molecule is CCN(CC(=O)NCc1cccs1)C(=O)/C=C/c1cccc(Cl)c1. The molecular formula is C18H19ClN2O2S. The molecule has 1 heterocycles. The van der Waals surface area contributed by atoms with Crippen LogP contribution < -0.4 is 5.32 Å². The van der Waals surface area contributed by atoms with E-state index >= 15 is 0 Å². The fourth-order valence-electron chi connectivity index (χ4n) is 2.06. The Balaban J connectivity index is 1.87. The van der Waals surface area contributed by atoms with E-state index in [1.807, 2.05) is 36.6 Å². The molecule has 1 aromatic carbocycles. The van der Waals surface area contributed by atoms with Crippen LogP contribution in [0.25, 0.3) is 6.08 Å². The van der Waals surface area contributed by atoms with E-state index in [4.69, 9.17) is 11.6 Å². The molecule has 0 aliphatic heterocycles. The lowest BCUT2D eigenvalue weighted by Crippen LogP contribution is -2.39. The Morgan fingerprint density at radius 1 is 1.29 bits per heavy atom. The van der Waals surface area contributed by atoms with Crippen molar-refractivity contribution in [2.45, 2.75) is 13.5 Å². The molecule has 0 saturated heterocycles. The summed E-state index contributed by atoms with van der Waals surface area (Å²) in [5, 5.41) is 5.40. The van der Waals surface area contributed by atoms with Gasteiger partial charge in [-0.3, -0.25) is 9.59 Å². The number of likely N-dealkylation sites (N-methyl/N-ethyl adjacent to an activating group) is 1. The highest BCUT2D eigenvalue weighted by Crippen LogP contribution is 2.12. The number of nitrogens with one attached hydrogen (secondary N) is 1. The first-order chi connectivity index (χ1) is 11.6. The second-order valence-electron chi connectivity index (χ2n) is 5.10. The molecule has 2 rings (SSSR count). The highest BCUT2D eigenvalue weighted by Gasteiger charge is 2.13. The summed E-state index contributed by atoms with van der Waals surface area (Å²) in [6.45, 7) is 2.84. The fraction of sp³-hybridized carbons (Fsp3) is 0.222. The second kappa shape index (κ2) is 9.25. The summed E-state index contributed by atoms with van der Waals surface area (Å²) in [5.74, 6) is -0.376. The number of carbonyl (C=O) groups excluding carboxylic acids is 2. The molecule has 2 amide bonds. The summed E-state index contributed by atoms with van der Waals surface area (Å²) >= 11 is 7.50. The van der Waals surface area contributed by atoms with Crippen LogP contribution in [0.5, 0.6) is 0 Å². The minimum Gasteiger partial charge on any atom is -0.350 e. The summed E-state index contributed by atoms with van der Waals surface area (Å²) in [6.07, 6.45) is 3.15. The zero-order chi connectivity index (χ0) is 17.4. The van der Waals surface area contributed by atoms with Crippen LogP contribution in [0.4, 0.5) is 0 Å². The summed E-state index contributed by atoms with van der Waals surface area (Å²) in [5.41, 5.74) is 0.842. The molecule has 1 N–H and O–H groups in total. The highest BCUT2D eigenvalue weighted by atomic mass is 35.5. The lowest BCUT2D eigenvalue weighted by molar-refractivity contribution is -0.132. The van der Waals surface area contributed by atoms with E-state index in [-0.39, 0.29) is 18.4 Å². The van der Waals surface area contributed by atoms with Crippen molar-refractivity contribution in [2.24, 2.45) is 0 Å². The molecule has 0 saturated carbocycles. The number of thiophene rings is 1. The summed E-state index contributed by atoms with van der Waals surface area (Å²) in [4.78, 5) is 26.8. The summed E-state index contributed by atoms with van der Waals surface area (Å²) < 4.78 is 0. The van der Waals surface area contributed by atoms with Gasteiger partial charge in [0.25, 0.3) is 0 Å². The van der Waals surface area contributed by atoms with Gasteiger partial charge in [0.15, 0.2) is 0 Å². The third-order valence-electron chi connectivity index (χ3n) is 3.33. The maximum Gasteiger partial charge on any atom is 0.247 e. The third kappa shape index (κ3) is 5.83. The monoisotopic (exact) mass is 362 g/mol. The van der Waals surface area contributed by atoms with E-state index in [1.165, 1.54) is 11.0 Å². The highest BCUT2D eigenvalue weighted by molar-refractivity contribution is 7.09. The Labute approximate surface area is 150 Å². The molecule has 0 atom stereocenters. The van der Waals surface area contributed by atoms with E-state index in [0.29, 0.717) is 18.1 Å². The first kappa shape index (κ1) is 18.2. The van der Waals surface area contributed by atoms with Crippen LogP contribution in [0.15, 0.2) is 47.9 Å². The van der Waals surface area contributed by atoms with Crippen LogP contribution in [0, 0.1) is 0 Å². The summed E-state index contributed by atoms with van der Waals surface area (Å²) in [7, 11) is 0. The molecule has 0 fully saturated rings. The van der Waals surface area contributed by atoms with Crippen molar-refractivity contribution in [3.05, 3.63) is 63.3 Å². The number of benzene rings is 1. The van der Waals surface area contributed by atoms with Gasteiger partial charge in [-0.2, -0.15) is 0 Å². The number of nitrogens with zero attached hydrogens (tertiary/aromatic N) is 1. The zero-order valence-electron chi connectivity index (χ0n) is 13.4. The predicted octanol–water partition coefficient (Wildman–Crippen LogP) is 3.58. The van der Waals surface area contributed by atoms with Gasteiger partial charge in [-0.1, -0.05) is 29.8 Å². The first-order valence-electron chi connectivity index (χ1n) is 7.60. The van der Waals surface area contributed by atoms with Crippen molar-refractivity contribution in [2.75, 3.05) is 13.1 Å². The van der Waals surface area contributed by atoms with Gasteiger partial charge in [-0.05, 0) is 42.1 Å².